The van der Waals surface area contributed by atoms with Crippen molar-refractivity contribution in [2.24, 2.45) is 0 Å². The fourth-order valence-corrected chi connectivity index (χ4v) is 2.82. The molecular weight excluding hydrogens is 378 g/mol. The number of rotatable bonds is 5. The predicted octanol–water partition coefficient (Wildman–Crippen LogP) is 1.02. The summed E-state index contributed by atoms with van der Waals surface area (Å²) in [6.45, 7) is -0.664. The molecule has 1 aliphatic heterocycles. The largest absolute Gasteiger partial charge is 0.446 e. The van der Waals surface area contributed by atoms with Crippen LogP contribution in [0.5, 0.6) is 0 Å². The number of hydrogen-bond donors (Lipinski definition) is 2. The minimum absolute atomic E-state index is 0.197. The highest BCUT2D eigenvalue weighted by Gasteiger charge is 2.37. The number of urea groups is 1. The van der Waals surface area contributed by atoms with E-state index in [2.05, 4.69) is 5.32 Å². The summed E-state index contributed by atoms with van der Waals surface area (Å²) in [7, 11) is 1.33. The highest BCUT2D eigenvalue weighted by Crippen LogP contribution is 2.23. The van der Waals surface area contributed by atoms with E-state index in [-0.39, 0.29) is 11.1 Å². The summed E-state index contributed by atoms with van der Waals surface area (Å²) < 4.78 is 5.22. The minimum Gasteiger partial charge on any atom is -0.446 e. The number of esters is 1. The van der Waals surface area contributed by atoms with E-state index >= 15 is 0 Å². The molecule has 0 spiro atoms. The zero-order valence-corrected chi connectivity index (χ0v) is 15.4. The molecule has 1 aliphatic rings. The van der Waals surface area contributed by atoms with Crippen molar-refractivity contribution >= 4 is 29.7 Å². The molecule has 0 fully saturated rings. The first kappa shape index (κ1) is 19.7. The number of imide groups is 2. The van der Waals surface area contributed by atoms with Gasteiger partial charge in [-0.2, -0.15) is 0 Å². The third-order valence-electron chi connectivity index (χ3n) is 4.22. The van der Waals surface area contributed by atoms with Gasteiger partial charge < -0.3 is 10.1 Å². The maximum absolute atomic E-state index is 12.4. The Bertz CT molecular complexity index is 954. The van der Waals surface area contributed by atoms with E-state index in [9.17, 15) is 24.0 Å². The Morgan fingerprint density at radius 1 is 0.931 bits per heavy atom. The molecule has 0 bridgehead atoms. The van der Waals surface area contributed by atoms with Gasteiger partial charge in [0.25, 0.3) is 17.7 Å². The van der Waals surface area contributed by atoms with Crippen LogP contribution in [0, 0.1) is 0 Å². The van der Waals surface area contributed by atoms with Gasteiger partial charge in [0.1, 0.15) is 6.54 Å². The first-order valence-corrected chi connectivity index (χ1v) is 8.64. The molecular formula is C20H17N3O6. The molecule has 9 heteroatoms. The summed E-state index contributed by atoms with van der Waals surface area (Å²) in [5.74, 6) is -3.08. The molecule has 0 saturated heterocycles. The zero-order valence-electron chi connectivity index (χ0n) is 15.4. The minimum atomic E-state index is -1.43. The molecule has 148 valence electrons. The predicted molar refractivity (Wildman–Crippen MR) is 99.7 cm³/mol. The highest BCUT2D eigenvalue weighted by molar-refractivity contribution is 6.22. The molecule has 2 aromatic carbocycles. The Hall–Kier alpha value is -4.01. The van der Waals surface area contributed by atoms with Crippen LogP contribution in [-0.2, 0) is 14.3 Å². The van der Waals surface area contributed by atoms with Crippen LogP contribution in [0.2, 0.25) is 0 Å². The van der Waals surface area contributed by atoms with Gasteiger partial charge in [0.2, 0.25) is 6.10 Å². The standard InChI is InChI=1S/C20H17N3O6/c1-21-20(28)22-17(25)16(12-7-3-2-4-8-12)29-15(24)11-23-18(26)13-9-5-6-10-14(13)19(23)27/h2-10,16H,11H2,1H3,(H2,21,22,25,28)/t16-/m0/s1. The number of ether oxygens (including phenoxy) is 1. The first-order valence-electron chi connectivity index (χ1n) is 8.64. The van der Waals surface area contributed by atoms with Crippen molar-refractivity contribution in [3.63, 3.8) is 0 Å². The van der Waals surface area contributed by atoms with Crippen molar-refractivity contribution in [1.82, 2.24) is 15.5 Å². The van der Waals surface area contributed by atoms with Crippen LogP contribution in [0.15, 0.2) is 54.6 Å². The zero-order chi connectivity index (χ0) is 21.0. The number of nitrogens with one attached hydrogen (secondary N) is 2. The van der Waals surface area contributed by atoms with Gasteiger partial charge in [-0.1, -0.05) is 42.5 Å². The fraction of sp³-hybridized carbons (Fsp3) is 0.150. The third kappa shape index (κ3) is 4.13. The van der Waals surface area contributed by atoms with Crippen molar-refractivity contribution in [2.45, 2.75) is 6.10 Å². The lowest BCUT2D eigenvalue weighted by Gasteiger charge is -2.19. The molecule has 29 heavy (non-hydrogen) atoms. The van der Waals surface area contributed by atoms with Gasteiger partial charge in [-0.3, -0.25) is 29.4 Å². The van der Waals surface area contributed by atoms with Gasteiger partial charge in [-0.15, -0.1) is 0 Å². The van der Waals surface area contributed by atoms with Gasteiger partial charge in [-0.25, -0.2) is 4.79 Å². The van der Waals surface area contributed by atoms with E-state index < -0.39 is 42.4 Å². The maximum atomic E-state index is 12.4. The summed E-state index contributed by atoms with van der Waals surface area (Å²) in [4.78, 5) is 61.8. The lowest BCUT2D eigenvalue weighted by Crippen LogP contribution is -2.42. The van der Waals surface area contributed by atoms with Crippen LogP contribution < -0.4 is 10.6 Å². The van der Waals surface area contributed by atoms with Crippen molar-refractivity contribution in [3.05, 3.63) is 71.3 Å². The summed E-state index contributed by atoms with van der Waals surface area (Å²) in [5.41, 5.74) is 0.717. The molecule has 0 aromatic heterocycles. The molecule has 2 N–H and O–H groups in total. The average Bonchev–Trinajstić information content (AvgIpc) is 2.97. The quantitative estimate of drug-likeness (QED) is 0.576. The van der Waals surface area contributed by atoms with Gasteiger partial charge in [0.15, 0.2) is 0 Å². The molecule has 0 saturated carbocycles. The van der Waals surface area contributed by atoms with E-state index in [1.807, 2.05) is 5.32 Å². The summed E-state index contributed by atoms with van der Waals surface area (Å²) in [5, 5.41) is 4.27. The van der Waals surface area contributed by atoms with Crippen molar-refractivity contribution < 1.29 is 28.7 Å². The van der Waals surface area contributed by atoms with Gasteiger partial charge in [0.05, 0.1) is 11.1 Å². The number of fused-ring (bicyclic) bond motifs is 1. The van der Waals surface area contributed by atoms with E-state index in [4.69, 9.17) is 4.74 Å². The molecule has 2 aromatic rings. The Balaban J connectivity index is 1.75. The van der Waals surface area contributed by atoms with Gasteiger partial charge in [-0.05, 0) is 12.1 Å². The Kier molecular flexibility index (Phi) is 5.68. The SMILES string of the molecule is CNC(=O)NC(=O)[C@@H](OC(=O)CN1C(=O)c2ccccc2C1=O)c1ccccc1. The molecule has 0 radical (unpaired) electrons. The van der Waals surface area contributed by atoms with Crippen molar-refractivity contribution in [1.29, 1.82) is 0 Å². The molecule has 1 heterocycles. The average molecular weight is 395 g/mol. The second-order valence-electron chi connectivity index (χ2n) is 6.09. The van der Waals surface area contributed by atoms with E-state index in [1.165, 1.54) is 19.2 Å². The summed E-state index contributed by atoms with van der Waals surface area (Å²) in [6.07, 6.45) is -1.43. The van der Waals surface area contributed by atoms with Crippen LogP contribution in [-0.4, -0.2) is 48.2 Å². The smallest absolute Gasteiger partial charge is 0.327 e. The van der Waals surface area contributed by atoms with Gasteiger partial charge in [0, 0.05) is 12.6 Å². The first-order chi connectivity index (χ1) is 13.9. The number of carbonyl (C=O) groups excluding carboxylic acids is 5. The maximum Gasteiger partial charge on any atom is 0.327 e. The normalized spacial score (nSPS) is 13.5. The molecule has 1 atom stereocenters. The van der Waals surface area contributed by atoms with Gasteiger partial charge >= 0.3 is 12.0 Å². The number of benzene rings is 2. The van der Waals surface area contributed by atoms with Crippen molar-refractivity contribution in [3.8, 4) is 0 Å². The van der Waals surface area contributed by atoms with Crippen LogP contribution in [0.4, 0.5) is 4.79 Å². The molecule has 5 amide bonds. The molecule has 0 aliphatic carbocycles. The van der Waals surface area contributed by atoms with Crippen LogP contribution in [0.3, 0.4) is 0 Å². The number of amides is 5. The number of carbonyl (C=O) groups is 5. The summed E-state index contributed by atoms with van der Waals surface area (Å²) in [6, 6.07) is 13.5. The molecule has 9 nitrogen and oxygen atoms in total. The van der Waals surface area contributed by atoms with Crippen LogP contribution in [0.25, 0.3) is 0 Å². The lowest BCUT2D eigenvalue weighted by atomic mass is 10.1. The monoisotopic (exact) mass is 395 g/mol. The van der Waals surface area contributed by atoms with E-state index in [0.717, 1.165) is 4.90 Å². The van der Waals surface area contributed by atoms with Crippen molar-refractivity contribution in [2.75, 3.05) is 13.6 Å². The van der Waals surface area contributed by atoms with E-state index in [1.54, 1.807) is 42.5 Å². The lowest BCUT2D eigenvalue weighted by molar-refractivity contribution is -0.156. The second-order valence-corrected chi connectivity index (χ2v) is 6.09. The second kappa shape index (κ2) is 8.34. The summed E-state index contributed by atoms with van der Waals surface area (Å²) >= 11 is 0. The Morgan fingerprint density at radius 2 is 1.48 bits per heavy atom. The Morgan fingerprint density at radius 3 is 2.03 bits per heavy atom. The molecule has 0 unspecified atom stereocenters. The van der Waals surface area contributed by atoms with E-state index in [0.29, 0.717) is 5.56 Å². The topological polar surface area (TPSA) is 122 Å². The number of hydrogen-bond acceptors (Lipinski definition) is 6. The highest BCUT2D eigenvalue weighted by atomic mass is 16.5. The Labute approximate surface area is 165 Å². The van der Waals surface area contributed by atoms with Crippen LogP contribution in [0.1, 0.15) is 32.4 Å². The number of nitrogens with zero attached hydrogens (tertiary/aromatic N) is 1. The molecule has 3 rings (SSSR count). The van der Waals surface area contributed by atoms with Crippen LogP contribution >= 0.6 is 0 Å². The fourth-order valence-electron chi connectivity index (χ4n) is 2.82. The third-order valence-corrected chi connectivity index (χ3v) is 4.22.